The average Bonchev–Trinajstić information content (AvgIpc) is 2.40. The van der Waals surface area contributed by atoms with E-state index in [0.29, 0.717) is 11.8 Å². The van der Waals surface area contributed by atoms with Crippen molar-refractivity contribution in [3.8, 4) is 0 Å². The zero-order chi connectivity index (χ0) is 12.1. The summed E-state index contributed by atoms with van der Waals surface area (Å²) in [5, 5.41) is 8.15. The Morgan fingerprint density at radius 1 is 1.29 bits per heavy atom. The van der Waals surface area contributed by atoms with Crippen LogP contribution in [0.25, 0.3) is 0 Å². The Hall–Kier alpha value is -1.35. The van der Waals surface area contributed by atoms with E-state index in [1.165, 1.54) is 0 Å². The van der Waals surface area contributed by atoms with Gasteiger partial charge in [0.05, 0.1) is 0 Å². The summed E-state index contributed by atoms with van der Waals surface area (Å²) in [6.45, 7) is 2.70. The topological polar surface area (TPSA) is 36.3 Å². The molecule has 0 spiro atoms. The Labute approximate surface area is 103 Å². The van der Waals surface area contributed by atoms with Crippen LogP contribution < -0.4 is 0 Å². The van der Waals surface area contributed by atoms with Crippen molar-refractivity contribution < 1.29 is 4.74 Å². The molecule has 3 heteroatoms. The van der Waals surface area contributed by atoms with Crippen LogP contribution in [0.5, 0.6) is 0 Å². The van der Waals surface area contributed by atoms with Crippen LogP contribution in [0.4, 0.5) is 0 Å². The Kier molecular flexibility index (Phi) is 4.15. The highest BCUT2D eigenvalue weighted by molar-refractivity contribution is 5.96. The van der Waals surface area contributed by atoms with Crippen LogP contribution in [0.15, 0.2) is 30.3 Å². The van der Waals surface area contributed by atoms with Gasteiger partial charge in [0.15, 0.2) is 0 Å². The third-order valence-corrected chi connectivity index (χ3v) is 3.30. The van der Waals surface area contributed by atoms with Crippen molar-refractivity contribution in [2.24, 2.45) is 5.92 Å². The molecule has 1 fully saturated rings. The molecule has 92 valence electrons. The number of hydrogen-bond acceptors (Lipinski definition) is 2. The molecule has 1 aliphatic rings. The first-order valence-corrected chi connectivity index (χ1v) is 6.20. The minimum Gasteiger partial charge on any atom is -0.381 e. The molecule has 0 amide bonds. The second kappa shape index (κ2) is 5.82. The quantitative estimate of drug-likeness (QED) is 0.641. The standard InChI is InChI=1S/C14H20N2O/c1-16(11-12-7-9-17-10-8-12)14(15)13-5-3-2-4-6-13/h2-6,12,15H,7-11H2,1H3. The Bertz CT molecular complexity index is 358. The van der Waals surface area contributed by atoms with Crippen LogP contribution >= 0.6 is 0 Å². The molecule has 0 saturated carbocycles. The molecule has 1 aromatic carbocycles. The van der Waals surface area contributed by atoms with E-state index in [2.05, 4.69) is 0 Å². The highest BCUT2D eigenvalue weighted by Crippen LogP contribution is 2.16. The lowest BCUT2D eigenvalue weighted by Gasteiger charge is -2.28. The Morgan fingerprint density at radius 2 is 1.94 bits per heavy atom. The van der Waals surface area contributed by atoms with Crippen molar-refractivity contribution in [1.29, 1.82) is 5.41 Å². The largest absolute Gasteiger partial charge is 0.381 e. The van der Waals surface area contributed by atoms with Crippen molar-refractivity contribution in [2.75, 3.05) is 26.8 Å². The van der Waals surface area contributed by atoms with Crippen LogP contribution in [0.3, 0.4) is 0 Å². The first kappa shape index (κ1) is 12.1. The Morgan fingerprint density at radius 3 is 2.59 bits per heavy atom. The molecule has 1 aromatic rings. The fraction of sp³-hybridized carbons (Fsp3) is 0.500. The van der Waals surface area contributed by atoms with E-state index >= 15 is 0 Å². The summed E-state index contributed by atoms with van der Waals surface area (Å²) in [4.78, 5) is 2.05. The predicted molar refractivity (Wildman–Crippen MR) is 69.4 cm³/mol. The maximum atomic E-state index is 8.15. The average molecular weight is 232 g/mol. The van der Waals surface area contributed by atoms with E-state index in [9.17, 15) is 0 Å². The molecular formula is C14H20N2O. The second-order valence-electron chi connectivity index (χ2n) is 4.65. The van der Waals surface area contributed by atoms with Crippen molar-refractivity contribution in [1.82, 2.24) is 4.90 Å². The monoisotopic (exact) mass is 232 g/mol. The summed E-state index contributed by atoms with van der Waals surface area (Å²) in [6.07, 6.45) is 2.23. The molecule has 0 radical (unpaired) electrons. The van der Waals surface area contributed by atoms with Gasteiger partial charge in [0.25, 0.3) is 0 Å². The first-order chi connectivity index (χ1) is 8.27. The maximum absolute atomic E-state index is 8.15. The molecule has 0 aliphatic carbocycles. The van der Waals surface area contributed by atoms with E-state index in [-0.39, 0.29) is 0 Å². The van der Waals surface area contributed by atoms with Crippen LogP contribution in [-0.2, 0) is 4.74 Å². The first-order valence-electron chi connectivity index (χ1n) is 6.20. The van der Waals surface area contributed by atoms with Gasteiger partial charge >= 0.3 is 0 Å². The number of ether oxygens (including phenoxy) is 1. The normalized spacial score (nSPS) is 16.8. The van der Waals surface area contributed by atoms with Gasteiger partial charge in [0.1, 0.15) is 5.84 Å². The third-order valence-electron chi connectivity index (χ3n) is 3.30. The van der Waals surface area contributed by atoms with Crippen molar-refractivity contribution in [2.45, 2.75) is 12.8 Å². The van der Waals surface area contributed by atoms with Crippen LogP contribution in [0, 0.1) is 11.3 Å². The smallest absolute Gasteiger partial charge is 0.127 e. The summed E-state index contributed by atoms with van der Waals surface area (Å²) in [5.74, 6) is 1.27. The number of nitrogens with zero attached hydrogens (tertiary/aromatic N) is 1. The van der Waals surface area contributed by atoms with Gasteiger partial charge in [-0.05, 0) is 18.8 Å². The summed E-state index contributed by atoms with van der Waals surface area (Å²) in [7, 11) is 2.00. The molecule has 0 aromatic heterocycles. The van der Waals surface area contributed by atoms with Gasteiger partial charge in [-0.1, -0.05) is 30.3 Å². The van der Waals surface area contributed by atoms with E-state index in [0.717, 1.165) is 38.2 Å². The second-order valence-corrected chi connectivity index (χ2v) is 4.65. The molecule has 3 nitrogen and oxygen atoms in total. The van der Waals surface area contributed by atoms with E-state index in [1.807, 2.05) is 42.3 Å². The van der Waals surface area contributed by atoms with Gasteiger partial charge in [0, 0.05) is 32.4 Å². The van der Waals surface area contributed by atoms with Gasteiger partial charge in [-0.3, -0.25) is 5.41 Å². The zero-order valence-electron chi connectivity index (χ0n) is 10.4. The highest BCUT2D eigenvalue weighted by Gasteiger charge is 2.17. The number of rotatable bonds is 3. The third kappa shape index (κ3) is 3.30. The molecule has 1 N–H and O–H groups in total. The lowest BCUT2D eigenvalue weighted by Crippen LogP contribution is -2.34. The summed E-state index contributed by atoms with van der Waals surface area (Å²) in [6, 6.07) is 9.92. The predicted octanol–water partition coefficient (Wildman–Crippen LogP) is 2.37. The molecule has 1 aliphatic heterocycles. The molecule has 2 rings (SSSR count). The molecule has 0 bridgehead atoms. The van der Waals surface area contributed by atoms with Crippen molar-refractivity contribution in [3.05, 3.63) is 35.9 Å². The summed E-state index contributed by atoms with van der Waals surface area (Å²) in [5.41, 5.74) is 0.988. The van der Waals surface area contributed by atoms with Crippen molar-refractivity contribution >= 4 is 5.84 Å². The van der Waals surface area contributed by atoms with Crippen LogP contribution in [-0.4, -0.2) is 37.5 Å². The minimum absolute atomic E-state index is 0.608. The minimum atomic E-state index is 0.608. The van der Waals surface area contributed by atoms with E-state index in [4.69, 9.17) is 10.1 Å². The van der Waals surface area contributed by atoms with E-state index in [1.54, 1.807) is 0 Å². The lowest BCUT2D eigenvalue weighted by molar-refractivity contribution is 0.0612. The molecular weight excluding hydrogens is 212 g/mol. The van der Waals surface area contributed by atoms with Crippen LogP contribution in [0.1, 0.15) is 18.4 Å². The van der Waals surface area contributed by atoms with Gasteiger partial charge in [-0.25, -0.2) is 0 Å². The van der Waals surface area contributed by atoms with E-state index < -0.39 is 0 Å². The zero-order valence-corrected chi connectivity index (χ0v) is 10.4. The fourth-order valence-electron chi connectivity index (χ4n) is 2.22. The lowest BCUT2D eigenvalue weighted by atomic mass is 9.99. The molecule has 0 atom stereocenters. The van der Waals surface area contributed by atoms with Gasteiger partial charge in [0.2, 0.25) is 0 Å². The maximum Gasteiger partial charge on any atom is 0.127 e. The SMILES string of the molecule is CN(CC1CCOCC1)C(=N)c1ccccc1. The van der Waals surface area contributed by atoms with Gasteiger partial charge in [-0.15, -0.1) is 0 Å². The number of amidine groups is 1. The molecule has 1 saturated heterocycles. The molecule has 1 heterocycles. The van der Waals surface area contributed by atoms with Gasteiger partial charge in [-0.2, -0.15) is 0 Å². The van der Waals surface area contributed by atoms with Crippen LogP contribution in [0.2, 0.25) is 0 Å². The number of benzene rings is 1. The summed E-state index contributed by atoms with van der Waals surface area (Å²) >= 11 is 0. The van der Waals surface area contributed by atoms with Gasteiger partial charge < -0.3 is 9.64 Å². The summed E-state index contributed by atoms with van der Waals surface area (Å²) < 4.78 is 5.35. The molecule has 0 unspecified atom stereocenters. The van der Waals surface area contributed by atoms with Crippen molar-refractivity contribution in [3.63, 3.8) is 0 Å². The number of hydrogen-bond donors (Lipinski definition) is 1. The Balaban J connectivity index is 1.91. The number of nitrogens with one attached hydrogen (secondary N) is 1. The molecule has 17 heavy (non-hydrogen) atoms. The highest BCUT2D eigenvalue weighted by atomic mass is 16.5. The fourth-order valence-corrected chi connectivity index (χ4v) is 2.22.